The number of rotatable bonds is 13. The van der Waals surface area contributed by atoms with Crippen molar-refractivity contribution in [2.24, 2.45) is 5.16 Å². The summed E-state index contributed by atoms with van der Waals surface area (Å²) in [7, 11) is 1.30. The summed E-state index contributed by atoms with van der Waals surface area (Å²) in [5.41, 5.74) is 0.836. The maximum atomic E-state index is 13.5. The number of carbonyl (C=O) groups is 1. The summed E-state index contributed by atoms with van der Waals surface area (Å²) >= 11 is 1.20. The quantitative estimate of drug-likeness (QED) is 0.167. The third-order valence-corrected chi connectivity index (χ3v) is 9.79. The van der Waals surface area contributed by atoms with Crippen LogP contribution in [0.25, 0.3) is 10.3 Å². The normalized spacial score (nSPS) is 15.0. The monoisotopic (exact) mass is 654 g/mol. The summed E-state index contributed by atoms with van der Waals surface area (Å²) in [5.74, 6) is 0.274. The van der Waals surface area contributed by atoms with E-state index >= 15 is 0 Å². The number of benzene rings is 1. The van der Waals surface area contributed by atoms with Gasteiger partial charge in [0.2, 0.25) is 15.9 Å². The number of piperidine rings is 1. The number of nitrogens with one attached hydrogen (secondary N) is 1. The van der Waals surface area contributed by atoms with E-state index < -0.39 is 15.9 Å². The fourth-order valence-electron chi connectivity index (χ4n) is 4.44. The molecular weight excluding hydrogens is 621 g/mol. The summed E-state index contributed by atoms with van der Waals surface area (Å²) in [6.45, 7) is 2.30. The first-order chi connectivity index (χ1) is 21.7. The van der Waals surface area contributed by atoms with Crippen LogP contribution in [0.1, 0.15) is 24.2 Å². The molecular formula is C29H34N8O6S2. The molecule has 0 radical (unpaired) electrons. The molecule has 1 aromatic carbocycles. The van der Waals surface area contributed by atoms with E-state index in [9.17, 15) is 13.2 Å². The summed E-state index contributed by atoms with van der Waals surface area (Å²) in [4.78, 5) is 39.2. The number of methoxy groups -OCH3 is 1. The van der Waals surface area contributed by atoms with E-state index in [0.717, 1.165) is 25.9 Å². The maximum Gasteiger partial charge on any atom is 0.280 e. The molecule has 16 heteroatoms. The van der Waals surface area contributed by atoms with Gasteiger partial charge in [0.15, 0.2) is 23.3 Å². The summed E-state index contributed by atoms with van der Waals surface area (Å²) in [6, 6.07) is 11.1. The Labute approximate surface area is 265 Å². The molecule has 1 aliphatic heterocycles. The van der Waals surface area contributed by atoms with E-state index in [1.165, 1.54) is 54.1 Å². The molecule has 1 aliphatic rings. The van der Waals surface area contributed by atoms with E-state index in [1.54, 1.807) is 30.6 Å². The van der Waals surface area contributed by atoms with Crippen molar-refractivity contribution in [3.8, 4) is 5.88 Å². The second-order valence-electron chi connectivity index (χ2n) is 10.3. The number of carbonyl (C=O) groups excluding carboxylic acids is 1. The average Bonchev–Trinajstić information content (AvgIpc) is 3.45. The number of anilines is 1. The smallest absolute Gasteiger partial charge is 0.280 e. The minimum absolute atomic E-state index is 0.0544. The van der Waals surface area contributed by atoms with Crippen molar-refractivity contribution in [3.63, 3.8) is 0 Å². The van der Waals surface area contributed by atoms with Gasteiger partial charge in [-0.3, -0.25) is 10.1 Å². The van der Waals surface area contributed by atoms with Crippen LogP contribution in [-0.4, -0.2) is 103 Å². The maximum absolute atomic E-state index is 13.5. The van der Waals surface area contributed by atoms with Gasteiger partial charge in [0.25, 0.3) is 5.91 Å². The molecule has 0 atom stereocenters. The molecule has 14 nitrogen and oxygen atoms in total. The zero-order valence-electron chi connectivity index (χ0n) is 25.1. The molecule has 0 unspecified atom stereocenters. The van der Waals surface area contributed by atoms with E-state index in [2.05, 4.69) is 42.4 Å². The highest BCUT2D eigenvalue weighted by Gasteiger charge is 2.23. The number of oxime groups is 1. The van der Waals surface area contributed by atoms with Crippen molar-refractivity contribution in [1.82, 2.24) is 29.1 Å². The Hall–Kier alpha value is -4.09. The van der Waals surface area contributed by atoms with Crippen molar-refractivity contribution in [3.05, 3.63) is 66.2 Å². The van der Waals surface area contributed by atoms with Crippen LogP contribution in [0.3, 0.4) is 0 Å². The lowest BCUT2D eigenvalue weighted by atomic mass is 10.1. The molecule has 0 saturated carbocycles. The van der Waals surface area contributed by atoms with Crippen LogP contribution in [0.2, 0.25) is 0 Å². The van der Waals surface area contributed by atoms with Crippen LogP contribution in [-0.2, 0) is 31.0 Å². The Balaban J connectivity index is 1.34. The van der Waals surface area contributed by atoms with E-state index in [-0.39, 0.29) is 36.5 Å². The minimum Gasteiger partial charge on any atom is -0.474 e. The minimum atomic E-state index is -3.77. The predicted molar refractivity (Wildman–Crippen MR) is 169 cm³/mol. The topological polar surface area (TPSA) is 161 Å². The van der Waals surface area contributed by atoms with Crippen molar-refractivity contribution in [1.29, 1.82) is 0 Å². The number of amides is 1. The standard InChI is InChI=1S/C29H34N8O6S2/c1-36-15-11-21(12-16-36)43-25-10-9-23-28(33-25)44-29(32-23)34-27(38)26(35-42-19-24-30-13-4-14-31-24)20-5-7-22(8-6-20)45(39,40)37(2)17-18-41-3/h4-10,13-14,21H,11-12,15-19H2,1-3H3,(H,32,34,38). The van der Waals surface area contributed by atoms with Crippen LogP contribution < -0.4 is 10.1 Å². The van der Waals surface area contributed by atoms with Gasteiger partial charge in [-0.1, -0.05) is 28.6 Å². The molecule has 4 aromatic rings. The molecule has 1 amide bonds. The third kappa shape index (κ3) is 8.34. The fraction of sp³-hybridized carbons (Fsp3) is 0.379. The fourth-order valence-corrected chi connectivity index (χ4v) is 6.42. The van der Waals surface area contributed by atoms with Gasteiger partial charge in [0, 0.05) is 57.8 Å². The predicted octanol–water partition coefficient (Wildman–Crippen LogP) is 2.78. The van der Waals surface area contributed by atoms with E-state index in [1.807, 2.05) is 0 Å². The molecule has 1 fully saturated rings. The lowest BCUT2D eigenvalue weighted by molar-refractivity contribution is -0.110. The Bertz CT molecular complexity index is 1730. The molecule has 3 aromatic heterocycles. The number of pyridine rings is 1. The highest BCUT2D eigenvalue weighted by Crippen LogP contribution is 2.28. The first-order valence-corrected chi connectivity index (χ1v) is 16.4. The second-order valence-corrected chi connectivity index (χ2v) is 13.3. The Morgan fingerprint density at radius 1 is 1.11 bits per heavy atom. The number of ether oxygens (including phenoxy) is 2. The number of likely N-dealkylation sites (N-methyl/N-ethyl adjacent to an activating group) is 1. The van der Waals surface area contributed by atoms with Gasteiger partial charge in [0.05, 0.1) is 11.5 Å². The zero-order valence-corrected chi connectivity index (χ0v) is 26.8. The van der Waals surface area contributed by atoms with Gasteiger partial charge < -0.3 is 19.2 Å². The molecule has 4 heterocycles. The lowest BCUT2D eigenvalue weighted by Gasteiger charge is -2.28. The molecule has 1 N–H and O–H groups in total. The SMILES string of the molecule is COCCN(C)S(=O)(=O)c1ccc(C(=NOCc2ncccn2)C(=O)Nc2nc3ccc(OC4CCN(C)CC4)nc3s2)cc1. The molecule has 0 spiro atoms. The van der Waals surface area contributed by atoms with Crippen molar-refractivity contribution in [2.45, 2.75) is 30.4 Å². The first kappa shape index (κ1) is 32.3. The van der Waals surface area contributed by atoms with Crippen molar-refractivity contribution >= 4 is 48.5 Å². The van der Waals surface area contributed by atoms with Gasteiger partial charge in [-0.2, -0.15) is 4.31 Å². The van der Waals surface area contributed by atoms with E-state index in [4.69, 9.17) is 14.3 Å². The molecule has 45 heavy (non-hydrogen) atoms. The number of thiazole rings is 1. The van der Waals surface area contributed by atoms with Crippen LogP contribution in [0.4, 0.5) is 5.13 Å². The number of hydrogen-bond donors (Lipinski definition) is 1. The molecule has 1 saturated heterocycles. The average molecular weight is 655 g/mol. The van der Waals surface area contributed by atoms with Crippen LogP contribution in [0, 0.1) is 0 Å². The number of fused-ring (bicyclic) bond motifs is 1. The van der Waals surface area contributed by atoms with Gasteiger partial charge in [0.1, 0.15) is 16.5 Å². The Morgan fingerprint density at radius 3 is 2.56 bits per heavy atom. The Morgan fingerprint density at radius 2 is 1.84 bits per heavy atom. The summed E-state index contributed by atoms with van der Waals surface area (Å²) in [6.07, 6.45) is 5.09. The zero-order chi connectivity index (χ0) is 31.8. The number of hydrogen-bond acceptors (Lipinski definition) is 13. The van der Waals surface area contributed by atoms with Crippen LogP contribution in [0.15, 0.2) is 64.9 Å². The molecule has 5 rings (SSSR count). The van der Waals surface area contributed by atoms with Crippen molar-refractivity contribution < 1.29 is 27.5 Å². The Kier molecular flexibility index (Phi) is 10.6. The number of nitrogens with zero attached hydrogens (tertiary/aromatic N) is 7. The third-order valence-electron chi connectivity index (χ3n) is 7.03. The molecule has 0 aliphatic carbocycles. The second kappa shape index (κ2) is 14.8. The summed E-state index contributed by atoms with van der Waals surface area (Å²) in [5, 5.41) is 7.15. The number of sulfonamides is 1. The van der Waals surface area contributed by atoms with E-state index in [0.29, 0.717) is 32.7 Å². The number of aromatic nitrogens is 4. The van der Waals surface area contributed by atoms with Gasteiger partial charge in [-0.15, -0.1) is 0 Å². The highest BCUT2D eigenvalue weighted by molar-refractivity contribution is 7.89. The van der Waals surface area contributed by atoms with Crippen LogP contribution in [0.5, 0.6) is 5.88 Å². The highest BCUT2D eigenvalue weighted by atomic mass is 32.2. The van der Waals surface area contributed by atoms with Crippen LogP contribution >= 0.6 is 11.3 Å². The largest absolute Gasteiger partial charge is 0.474 e. The van der Waals surface area contributed by atoms with Gasteiger partial charge in [-0.05, 0) is 44.2 Å². The first-order valence-electron chi connectivity index (χ1n) is 14.2. The molecule has 238 valence electrons. The molecule has 0 bridgehead atoms. The summed E-state index contributed by atoms with van der Waals surface area (Å²) < 4.78 is 38.2. The van der Waals surface area contributed by atoms with Gasteiger partial charge >= 0.3 is 0 Å². The number of likely N-dealkylation sites (tertiary alicyclic amines) is 1. The van der Waals surface area contributed by atoms with Gasteiger partial charge in [-0.25, -0.2) is 28.4 Å². The lowest BCUT2D eigenvalue weighted by Crippen LogP contribution is -2.35. The van der Waals surface area contributed by atoms with Crippen molar-refractivity contribution in [2.75, 3.05) is 52.8 Å².